The Balaban J connectivity index is 1.45. The minimum atomic E-state index is -0.450. The second-order valence-corrected chi connectivity index (χ2v) is 9.69. The maximum Gasteiger partial charge on any atom is 0.412 e. The highest BCUT2D eigenvalue weighted by Gasteiger charge is 2.27. The van der Waals surface area contributed by atoms with E-state index in [9.17, 15) is 10.1 Å². The lowest BCUT2D eigenvalue weighted by atomic mass is 10.1. The topological polar surface area (TPSA) is 85.5 Å². The minimum absolute atomic E-state index is 0.157. The molecule has 1 N–H and O–H groups in total. The summed E-state index contributed by atoms with van der Waals surface area (Å²) < 4.78 is 19.4. The number of nitrogens with zero attached hydrogens (tertiary/aromatic N) is 2. The van der Waals surface area contributed by atoms with Gasteiger partial charge in [0.2, 0.25) is 0 Å². The van der Waals surface area contributed by atoms with Crippen molar-refractivity contribution in [1.82, 2.24) is 9.88 Å². The van der Waals surface area contributed by atoms with E-state index in [1.807, 2.05) is 24.3 Å². The average Bonchev–Trinajstić information content (AvgIpc) is 3.67. The maximum atomic E-state index is 12.0. The zero-order valence-corrected chi connectivity index (χ0v) is 20.8. The van der Waals surface area contributed by atoms with Gasteiger partial charge in [-0.3, -0.25) is 0 Å². The number of unbranched alkanes of at least 4 members (excludes halogenated alkanes) is 1. The van der Waals surface area contributed by atoms with Gasteiger partial charge in [0.1, 0.15) is 23.7 Å². The predicted molar refractivity (Wildman–Crippen MR) is 138 cm³/mol. The fourth-order valence-corrected chi connectivity index (χ4v) is 4.74. The molecule has 1 saturated heterocycles. The molecule has 0 atom stereocenters. The van der Waals surface area contributed by atoms with Crippen LogP contribution in [0.3, 0.4) is 0 Å². The van der Waals surface area contributed by atoms with E-state index < -0.39 is 6.09 Å². The van der Waals surface area contributed by atoms with Crippen molar-refractivity contribution >= 4 is 17.0 Å². The highest BCUT2D eigenvalue weighted by Crippen LogP contribution is 2.40. The molecule has 3 aromatic rings. The number of rotatable bonds is 9. The first-order valence-electron chi connectivity index (χ1n) is 13.0. The summed E-state index contributed by atoms with van der Waals surface area (Å²) >= 11 is 0. The monoisotopic (exact) mass is 487 g/mol. The van der Waals surface area contributed by atoms with E-state index in [-0.39, 0.29) is 6.10 Å². The Hall–Kier alpha value is -3.50. The Bertz CT molecular complexity index is 1250. The molecule has 36 heavy (non-hydrogen) atoms. The van der Waals surface area contributed by atoms with Gasteiger partial charge >= 0.3 is 6.09 Å². The normalized spacial score (nSPS) is 16.0. The van der Waals surface area contributed by atoms with Crippen molar-refractivity contribution in [3.8, 4) is 28.8 Å². The largest absolute Gasteiger partial charge is 0.490 e. The molecule has 0 spiro atoms. The van der Waals surface area contributed by atoms with Gasteiger partial charge in [0.25, 0.3) is 0 Å². The van der Waals surface area contributed by atoms with Gasteiger partial charge in [-0.1, -0.05) is 13.3 Å². The van der Waals surface area contributed by atoms with Crippen molar-refractivity contribution < 1.29 is 19.0 Å². The van der Waals surface area contributed by atoms with Crippen LogP contribution in [-0.2, 0) is 11.3 Å². The van der Waals surface area contributed by atoms with E-state index in [1.165, 1.54) is 12.8 Å². The van der Waals surface area contributed by atoms with Crippen LogP contribution in [0.25, 0.3) is 22.2 Å². The first kappa shape index (κ1) is 24.2. The quantitative estimate of drug-likeness (QED) is 0.372. The molecule has 2 heterocycles. The van der Waals surface area contributed by atoms with Gasteiger partial charge < -0.3 is 24.1 Å². The van der Waals surface area contributed by atoms with Crippen LogP contribution in [-0.4, -0.2) is 36.5 Å². The SMILES string of the molecule is CCCCNC(=O)Oc1ccc(-c2c(C#N)c3ccc(OC4CCOCC4)cc3n2CC2CC2)cc1. The van der Waals surface area contributed by atoms with Gasteiger partial charge in [0, 0.05) is 37.4 Å². The number of carbonyl (C=O) groups excluding carboxylic acids is 1. The number of hydrogen-bond acceptors (Lipinski definition) is 5. The molecule has 1 aliphatic carbocycles. The molecule has 7 heteroatoms. The van der Waals surface area contributed by atoms with E-state index in [0.717, 1.165) is 73.4 Å². The van der Waals surface area contributed by atoms with Crippen LogP contribution in [0.2, 0.25) is 0 Å². The Labute approximate surface area is 211 Å². The molecule has 1 aliphatic heterocycles. The van der Waals surface area contributed by atoms with Crippen LogP contribution in [0, 0.1) is 17.2 Å². The summed E-state index contributed by atoms with van der Waals surface area (Å²) in [7, 11) is 0. The molecule has 5 rings (SSSR count). The molecule has 0 bridgehead atoms. The van der Waals surface area contributed by atoms with Gasteiger partial charge in [0.15, 0.2) is 0 Å². The van der Waals surface area contributed by atoms with Crippen LogP contribution in [0.1, 0.15) is 51.0 Å². The Morgan fingerprint density at radius 1 is 1.11 bits per heavy atom. The fourth-order valence-electron chi connectivity index (χ4n) is 4.74. The van der Waals surface area contributed by atoms with Crippen molar-refractivity contribution in [2.75, 3.05) is 19.8 Å². The second-order valence-electron chi connectivity index (χ2n) is 9.69. The second kappa shape index (κ2) is 11.0. The number of carbonyl (C=O) groups is 1. The summed E-state index contributed by atoms with van der Waals surface area (Å²) in [4.78, 5) is 12.0. The van der Waals surface area contributed by atoms with E-state index >= 15 is 0 Å². The van der Waals surface area contributed by atoms with Crippen LogP contribution in [0.5, 0.6) is 11.5 Å². The molecule has 2 fully saturated rings. The first-order chi connectivity index (χ1) is 17.7. The summed E-state index contributed by atoms with van der Waals surface area (Å²) in [5, 5.41) is 13.9. The standard InChI is InChI=1S/C29H33N3O4/c1-2-3-14-31-29(33)36-22-8-6-21(7-9-22)28-26(18-30)25-11-10-24(35-23-12-15-34-16-13-23)17-27(25)32(28)19-20-4-5-20/h6-11,17,20,23H,2-5,12-16,19H2,1H3,(H,31,33). The third kappa shape index (κ3) is 5.50. The van der Waals surface area contributed by atoms with Crippen LogP contribution in [0.15, 0.2) is 42.5 Å². The molecule has 0 unspecified atom stereocenters. The molecule has 1 amide bonds. The van der Waals surface area contributed by atoms with Gasteiger partial charge in [-0.05, 0) is 67.1 Å². The zero-order chi connectivity index (χ0) is 24.9. The van der Waals surface area contributed by atoms with E-state index in [1.54, 1.807) is 12.1 Å². The van der Waals surface area contributed by atoms with Crippen LogP contribution < -0.4 is 14.8 Å². The third-order valence-electron chi connectivity index (χ3n) is 6.89. The Morgan fingerprint density at radius 2 is 1.86 bits per heavy atom. The van der Waals surface area contributed by atoms with E-state index in [2.05, 4.69) is 28.9 Å². The van der Waals surface area contributed by atoms with Crippen molar-refractivity contribution in [2.45, 2.75) is 58.1 Å². The maximum absolute atomic E-state index is 12.0. The Morgan fingerprint density at radius 3 is 2.56 bits per heavy atom. The third-order valence-corrected chi connectivity index (χ3v) is 6.89. The molecular formula is C29H33N3O4. The van der Waals surface area contributed by atoms with Crippen molar-refractivity contribution in [1.29, 1.82) is 5.26 Å². The fraction of sp³-hybridized carbons (Fsp3) is 0.448. The molecular weight excluding hydrogens is 454 g/mol. The smallest absolute Gasteiger partial charge is 0.412 e. The first-order valence-corrected chi connectivity index (χ1v) is 13.0. The lowest BCUT2D eigenvalue weighted by Crippen LogP contribution is -2.27. The number of benzene rings is 2. The van der Waals surface area contributed by atoms with E-state index in [0.29, 0.717) is 23.8 Å². The summed E-state index contributed by atoms with van der Waals surface area (Å²) in [6.45, 7) is 5.00. The highest BCUT2D eigenvalue weighted by molar-refractivity contribution is 5.95. The summed E-state index contributed by atoms with van der Waals surface area (Å²) in [6.07, 6.45) is 5.82. The number of nitrogens with one attached hydrogen (secondary N) is 1. The van der Waals surface area contributed by atoms with Crippen molar-refractivity contribution in [2.24, 2.45) is 5.92 Å². The molecule has 7 nitrogen and oxygen atoms in total. The molecule has 2 aliphatic rings. The molecule has 0 radical (unpaired) electrons. The minimum Gasteiger partial charge on any atom is -0.490 e. The molecule has 2 aromatic carbocycles. The van der Waals surface area contributed by atoms with E-state index in [4.69, 9.17) is 14.2 Å². The average molecular weight is 488 g/mol. The highest BCUT2D eigenvalue weighted by atomic mass is 16.6. The lowest BCUT2D eigenvalue weighted by molar-refractivity contribution is 0.0256. The summed E-state index contributed by atoms with van der Waals surface area (Å²) in [5.74, 6) is 1.93. The summed E-state index contributed by atoms with van der Waals surface area (Å²) in [6, 6.07) is 15.9. The number of aromatic nitrogens is 1. The number of ether oxygens (including phenoxy) is 3. The summed E-state index contributed by atoms with van der Waals surface area (Å²) in [5.41, 5.74) is 3.51. The molecule has 1 aromatic heterocycles. The van der Waals surface area contributed by atoms with Gasteiger partial charge in [-0.25, -0.2) is 4.79 Å². The molecule has 188 valence electrons. The van der Waals surface area contributed by atoms with Gasteiger partial charge in [-0.2, -0.15) is 5.26 Å². The van der Waals surface area contributed by atoms with Crippen molar-refractivity contribution in [3.63, 3.8) is 0 Å². The lowest BCUT2D eigenvalue weighted by Gasteiger charge is -2.23. The molecule has 1 saturated carbocycles. The number of amides is 1. The number of nitriles is 1. The van der Waals surface area contributed by atoms with Crippen LogP contribution >= 0.6 is 0 Å². The van der Waals surface area contributed by atoms with Gasteiger partial charge in [0.05, 0.1) is 30.0 Å². The van der Waals surface area contributed by atoms with Gasteiger partial charge in [-0.15, -0.1) is 0 Å². The number of hydrogen-bond donors (Lipinski definition) is 1. The van der Waals surface area contributed by atoms with Crippen molar-refractivity contribution in [3.05, 3.63) is 48.0 Å². The number of fused-ring (bicyclic) bond motifs is 1. The predicted octanol–water partition coefficient (Wildman–Crippen LogP) is 6.04. The Kier molecular flexibility index (Phi) is 7.43. The van der Waals surface area contributed by atoms with Crippen LogP contribution in [0.4, 0.5) is 4.79 Å². The zero-order valence-electron chi connectivity index (χ0n) is 20.8.